The van der Waals surface area contributed by atoms with E-state index in [0.717, 1.165) is 0 Å². The van der Waals surface area contributed by atoms with Gasteiger partial charge in [0, 0.05) is 19.0 Å². The Morgan fingerprint density at radius 3 is 2.47 bits per heavy atom. The fraction of sp³-hybridized carbons (Fsp3) is 0.818. The van der Waals surface area contributed by atoms with Gasteiger partial charge in [0.15, 0.2) is 0 Å². The summed E-state index contributed by atoms with van der Waals surface area (Å²) in [6.07, 6.45) is 2.98. The lowest BCUT2D eigenvalue weighted by Crippen LogP contribution is -2.55. The number of hydrogen-bond acceptors (Lipinski definition) is 6. The van der Waals surface area contributed by atoms with Gasteiger partial charge in [0.1, 0.15) is 23.7 Å². The summed E-state index contributed by atoms with van der Waals surface area (Å²) in [4.78, 5) is 54.1. The molecule has 9 nitrogen and oxygen atoms in total. The molecule has 10 heteroatoms. The monoisotopic (exact) mass is 470 g/mol. The van der Waals surface area contributed by atoms with Crippen molar-refractivity contribution in [2.45, 2.75) is 77.6 Å². The van der Waals surface area contributed by atoms with Crippen LogP contribution in [0, 0.1) is 11.8 Å². The van der Waals surface area contributed by atoms with E-state index in [1.165, 1.54) is 4.90 Å². The first kappa shape index (κ1) is 26.3. The number of nitrogens with one attached hydrogen (secondary N) is 1. The zero-order valence-electron chi connectivity index (χ0n) is 20.1. The number of fused-ring (bicyclic) bond motifs is 1. The Balaban J connectivity index is 2.18. The molecule has 182 valence electrons. The van der Waals surface area contributed by atoms with Crippen molar-refractivity contribution in [2.24, 2.45) is 17.6 Å². The van der Waals surface area contributed by atoms with Gasteiger partial charge in [-0.15, -0.1) is 0 Å². The van der Waals surface area contributed by atoms with Crippen LogP contribution in [0.5, 0.6) is 0 Å². The molecule has 0 aromatic heterocycles. The van der Waals surface area contributed by atoms with Gasteiger partial charge in [-0.1, -0.05) is 13.8 Å². The Hall–Kier alpha value is -1.97. The van der Waals surface area contributed by atoms with Crippen LogP contribution >= 0.6 is 11.8 Å². The Bertz CT molecular complexity index is 724. The van der Waals surface area contributed by atoms with Gasteiger partial charge < -0.3 is 20.7 Å². The molecular formula is C22H38N4O5S. The number of carbonyl (C=O) groups excluding carboxylic acids is 4. The molecule has 2 heterocycles. The number of amides is 4. The Morgan fingerprint density at radius 1 is 1.28 bits per heavy atom. The van der Waals surface area contributed by atoms with Gasteiger partial charge in [0.05, 0.1) is 0 Å². The molecule has 3 N–H and O–H groups in total. The Kier molecular flexibility index (Phi) is 8.84. The average molecular weight is 471 g/mol. The predicted octanol–water partition coefficient (Wildman–Crippen LogP) is 1.59. The maximum atomic E-state index is 13.4. The summed E-state index contributed by atoms with van der Waals surface area (Å²) in [5, 5.41) is 2.76. The van der Waals surface area contributed by atoms with Gasteiger partial charge >= 0.3 is 6.09 Å². The topological polar surface area (TPSA) is 122 Å². The summed E-state index contributed by atoms with van der Waals surface area (Å²) in [6, 6.07) is -2.11. The molecule has 0 aromatic carbocycles. The van der Waals surface area contributed by atoms with Gasteiger partial charge in [0.2, 0.25) is 17.7 Å². The number of nitrogens with zero attached hydrogens (tertiary/aromatic N) is 2. The van der Waals surface area contributed by atoms with Gasteiger partial charge in [-0.05, 0) is 58.0 Å². The van der Waals surface area contributed by atoms with Crippen LogP contribution in [0.2, 0.25) is 0 Å². The highest BCUT2D eigenvalue weighted by molar-refractivity contribution is 7.98. The maximum Gasteiger partial charge on any atom is 0.410 e. The van der Waals surface area contributed by atoms with Crippen molar-refractivity contribution < 1.29 is 23.9 Å². The minimum atomic E-state index is -0.778. The number of primary amides is 1. The fourth-order valence-electron chi connectivity index (χ4n) is 4.31. The summed E-state index contributed by atoms with van der Waals surface area (Å²) >= 11 is 1.56. The van der Waals surface area contributed by atoms with Crippen molar-refractivity contribution in [3.8, 4) is 0 Å². The van der Waals surface area contributed by atoms with E-state index in [0.29, 0.717) is 38.1 Å². The summed E-state index contributed by atoms with van der Waals surface area (Å²) in [7, 11) is 0. The molecule has 32 heavy (non-hydrogen) atoms. The highest BCUT2D eigenvalue weighted by Crippen LogP contribution is 2.35. The van der Waals surface area contributed by atoms with Crippen molar-refractivity contribution in [1.82, 2.24) is 15.1 Å². The van der Waals surface area contributed by atoms with Crippen molar-refractivity contribution in [2.75, 3.05) is 25.1 Å². The molecule has 2 aliphatic heterocycles. The van der Waals surface area contributed by atoms with Crippen LogP contribution in [0.1, 0.15) is 53.9 Å². The molecule has 0 unspecified atom stereocenters. The van der Waals surface area contributed by atoms with Crippen LogP contribution in [0.25, 0.3) is 0 Å². The second-order valence-electron chi connectivity index (χ2n) is 10.0. The molecule has 2 saturated heterocycles. The zero-order chi connectivity index (χ0) is 24.2. The van der Waals surface area contributed by atoms with Crippen molar-refractivity contribution >= 4 is 35.6 Å². The quantitative estimate of drug-likeness (QED) is 0.528. The lowest BCUT2D eigenvalue weighted by molar-refractivity contribution is -0.141. The molecule has 0 aliphatic carbocycles. The molecule has 0 saturated carbocycles. The first-order chi connectivity index (χ1) is 14.9. The fourth-order valence-corrected chi connectivity index (χ4v) is 4.78. The minimum absolute atomic E-state index is 0.0408. The van der Waals surface area contributed by atoms with Crippen molar-refractivity contribution in [3.05, 3.63) is 0 Å². The largest absolute Gasteiger partial charge is 0.444 e. The molecule has 0 spiro atoms. The van der Waals surface area contributed by atoms with E-state index >= 15 is 0 Å². The molecule has 0 aromatic rings. The lowest BCUT2D eigenvalue weighted by atomic mass is 10.0. The molecule has 2 aliphatic rings. The number of ether oxygens (including phenoxy) is 1. The first-order valence-electron chi connectivity index (χ1n) is 11.2. The number of likely N-dealkylation sites (tertiary alicyclic amines) is 2. The Labute approximate surface area is 195 Å². The van der Waals surface area contributed by atoms with Crippen LogP contribution in [-0.2, 0) is 19.1 Å². The van der Waals surface area contributed by atoms with Crippen LogP contribution in [0.3, 0.4) is 0 Å². The second-order valence-corrected chi connectivity index (χ2v) is 11.0. The van der Waals surface area contributed by atoms with E-state index < -0.39 is 35.7 Å². The van der Waals surface area contributed by atoms with E-state index in [2.05, 4.69) is 5.32 Å². The number of thioether (sulfide) groups is 1. The lowest BCUT2D eigenvalue weighted by Gasteiger charge is -2.32. The average Bonchev–Trinajstić information content (AvgIpc) is 3.21. The summed E-state index contributed by atoms with van der Waals surface area (Å²) in [6.45, 7) is 10.2. The molecule has 4 amide bonds. The normalized spacial score (nSPS) is 22.7. The third-order valence-corrected chi connectivity index (χ3v) is 6.41. The van der Waals surface area contributed by atoms with Crippen LogP contribution in [0.15, 0.2) is 0 Å². The van der Waals surface area contributed by atoms with E-state index in [1.54, 1.807) is 37.4 Å². The molecule has 2 fully saturated rings. The van der Waals surface area contributed by atoms with E-state index in [4.69, 9.17) is 10.5 Å². The van der Waals surface area contributed by atoms with Crippen LogP contribution in [-0.4, -0.2) is 82.4 Å². The van der Waals surface area contributed by atoms with Crippen LogP contribution in [0.4, 0.5) is 4.79 Å². The maximum absolute atomic E-state index is 13.4. The zero-order valence-corrected chi connectivity index (χ0v) is 20.9. The molecular weight excluding hydrogens is 432 g/mol. The van der Waals surface area contributed by atoms with Crippen molar-refractivity contribution in [3.63, 3.8) is 0 Å². The SMILES string of the molecule is CSCC[C@H](NC(=O)[C@H](CC(C)C)N1C[C@@H]2CCN(C(=O)OC(C)(C)C)[C@@H]2C1=O)C(N)=O. The number of carbonyl (C=O) groups is 4. The highest BCUT2D eigenvalue weighted by atomic mass is 32.2. The van der Waals surface area contributed by atoms with Gasteiger partial charge in [-0.3, -0.25) is 19.3 Å². The molecule has 4 atom stereocenters. The summed E-state index contributed by atoms with van der Waals surface area (Å²) < 4.78 is 5.49. The third-order valence-electron chi connectivity index (χ3n) is 5.76. The van der Waals surface area contributed by atoms with Gasteiger partial charge in [-0.2, -0.15) is 11.8 Å². The van der Waals surface area contributed by atoms with Crippen molar-refractivity contribution in [1.29, 1.82) is 0 Å². The molecule has 2 rings (SSSR count). The summed E-state index contributed by atoms with van der Waals surface area (Å²) in [5.41, 5.74) is 4.83. The predicted molar refractivity (Wildman–Crippen MR) is 124 cm³/mol. The third kappa shape index (κ3) is 6.52. The highest BCUT2D eigenvalue weighted by Gasteiger charge is 2.52. The smallest absolute Gasteiger partial charge is 0.410 e. The van der Waals surface area contributed by atoms with Crippen LogP contribution < -0.4 is 11.1 Å². The molecule has 0 bridgehead atoms. The van der Waals surface area contributed by atoms with Gasteiger partial charge in [-0.25, -0.2) is 4.79 Å². The Morgan fingerprint density at radius 2 is 1.94 bits per heavy atom. The van der Waals surface area contributed by atoms with E-state index in [1.807, 2.05) is 20.1 Å². The minimum Gasteiger partial charge on any atom is -0.444 e. The standard InChI is InChI=1S/C22H38N4O5S/c1-13(2)11-16(19(28)24-15(18(23)27)8-10-32-6)26-12-14-7-9-25(17(14)20(26)29)21(30)31-22(3,4)5/h13-17H,7-12H2,1-6H3,(H2,23,27)(H,24,28)/t14-,15-,16-,17-/m0/s1. The number of hydrogen-bond donors (Lipinski definition) is 2. The van der Waals surface area contributed by atoms with E-state index in [9.17, 15) is 19.2 Å². The molecule has 0 radical (unpaired) electrons. The second kappa shape index (κ2) is 10.8. The van der Waals surface area contributed by atoms with E-state index in [-0.39, 0.29) is 23.7 Å². The number of rotatable bonds is 9. The summed E-state index contributed by atoms with van der Waals surface area (Å²) in [5.74, 6) is -0.406. The number of nitrogens with two attached hydrogens (primary N) is 1. The van der Waals surface area contributed by atoms with Gasteiger partial charge in [0.25, 0.3) is 0 Å². The first-order valence-corrected chi connectivity index (χ1v) is 12.6.